The fourth-order valence-corrected chi connectivity index (χ4v) is 4.52. The number of halogens is 3. The van der Waals surface area contributed by atoms with Gasteiger partial charge in [-0.05, 0) is 42.8 Å². The Kier molecular flexibility index (Phi) is 7.17. The van der Waals surface area contributed by atoms with Gasteiger partial charge in [-0.3, -0.25) is 4.79 Å². The molecule has 42 heavy (non-hydrogen) atoms. The van der Waals surface area contributed by atoms with Crippen LogP contribution in [0, 0.1) is 12.7 Å². The van der Waals surface area contributed by atoms with Crippen molar-refractivity contribution in [3.8, 4) is 23.1 Å². The van der Waals surface area contributed by atoms with E-state index in [-0.39, 0.29) is 40.5 Å². The lowest BCUT2D eigenvalue weighted by atomic mass is 10.1. The molecule has 0 atom stereocenters. The summed E-state index contributed by atoms with van der Waals surface area (Å²) in [5, 5.41) is 8.11. The van der Waals surface area contributed by atoms with E-state index in [0.717, 1.165) is 0 Å². The average Bonchev–Trinajstić information content (AvgIpc) is 3.53. The zero-order valence-electron chi connectivity index (χ0n) is 22.2. The lowest BCUT2D eigenvalue weighted by molar-refractivity contribution is 0.0209. The monoisotopic (exact) mass is 578 g/mol. The molecule has 0 bridgehead atoms. The SMILES string of the molecule is Cc1cc(Oc2ccccc2F)ncc1-n1ncc(C(=O)c2cc3cc(OCC(F)F)c(NC4COC4)cc3[nH]2)c1N. The number of alkyl halides is 2. The number of hydrogen-bond acceptors (Lipinski definition) is 8. The van der Waals surface area contributed by atoms with E-state index in [2.05, 4.69) is 20.4 Å². The summed E-state index contributed by atoms with van der Waals surface area (Å²) in [6.07, 6.45) is 0.180. The third kappa shape index (κ3) is 5.33. The van der Waals surface area contributed by atoms with E-state index in [4.69, 9.17) is 19.9 Å². The number of ketones is 1. The summed E-state index contributed by atoms with van der Waals surface area (Å²) < 4.78 is 57.1. The maximum absolute atomic E-state index is 14.0. The first-order chi connectivity index (χ1) is 20.3. The molecule has 216 valence electrons. The Bertz CT molecular complexity index is 1780. The number of nitrogen functional groups attached to an aromatic ring is 1. The van der Waals surface area contributed by atoms with Crippen molar-refractivity contribution in [1.29, 1.82) is 0 Å². The van der Waals surface area contributed by atoms with Crippen LogP contribution in [0.4, 0.5) is 24.7 Å². The molecule has 1 aliphatic heterocycles. The van der Waals surface area contributed by atoms with Gasteiger partial charge in [0, 0.05) is 17.0 Å². The van der Waals surface area contributed by atoms with Crippen LogP contribution in [0.5, 0.6) is 17.4 Å². The van der Waals surface area contributed by atoms with Crippen LogP contribution >= 0.6 is 0 Å². The van der Waals surface area contributed by atoms with Gasteiger partial charge in [-0.25, -0.2) is 22.8 Å². The number of hydrogen-bond donors (Lipinski definition) is 3. The minimum absolute atomic E-state index is 0.0242. The number of pyridine rings is 1. The molecule has 2 aromatic carbocycles. The van der Waals surface area contributed by atoms with Gasteiger partial charge < -0.3 is 30.2 Å². The average molecular weight is 579 g/mol. The minimum Gasteiger partial charge on any atom is -0.485 e. The number of rotatable bonds is 10. The van der Waals surface area contributed by atoms with Gasteiger partial charge in [0.2, 0.25) is 11.7 Å². The number of para-hydroxylation sites is 1. The van der Waals surface area contributed by atoms with Gasteiger partial charge >= 0.3 is 0 Å². The van der Waals surface area contributed by atoms with E-state index in [1.807, 2.05) is 0 Å². The van der Waals surface area contributed by atoms with Crippen molar-refractivity contribution in [3.05, 3.63) is 83.6 Å². The summed E-state index contributed by atoms with van der Waals surface area (Å²) in [4.78, 5) is 20.8. The van der Waals surface area contributed by atoms with Crippen LogP contribution in [-0.2, 0) is 4.74 Å². The lowest BCUT2D eigenvalue weighted by Crippen LogP contribution is -2.40. The van der Waals surface area contributed by atoms with E-state index in [0.29, 0.717) is 41.1 Å². The van der Waals surface area contributed by atoms with Crippen LogP contribution in [0.15, 0.2) is 60.9 Å². The number of carbonyl (C=O) groups excluding carboxylic acids is 1. The normalized spacial score (nSPS) is 13.4. The predicted molar refractivity (Wildman–Crippen MR) is 148 cm³/mol. The molecule has 0 radical (unpaired) electrons. The third-order valence-corrected chi connectivity index (χ3v) is 6.72. The Hall–Kier alpha value is -5.04. The number of ether oxygens (including phenoxy) is 3. The summed E-state index contributed by atoms with van der Waals surface area (Å²) >= 11 is 0. The molecule has 6 rings (SSSR count). The van der Waals surface area contributed by atoms with Gasteiger partial charge in [-0.1, -0.05) is 12.1 Å². The number of H-pyrrole nitrogens is 1. The van der Waals surface area contributed by atoms with E-state index in [9.17, 15) is 18.0 Å². The fraction of sp³-hybridized carbons (Fsp3) is 0.207. The highest BCUT2D eigenvalue weighted by Gasteiger charge is 2.23. The first kappa shape index (κ1) is 27.1. The van der Waals surface area contributed by atoms with Crippen LogP contribution in [-0.4, -0.2) is 57.8 Å². The van der Waals surface area contributed by atoms with E-state index >= 15 is 0 Å². The Morgan fingerprint density at radius 2 is 2.00 bits per heavy atom. The van der Waals surface area contributed by atoms with Gasteiger partial charge in [-0.2, -0.15) is 5.10 Å². The molecule has 0 spiro atoms. The Morgan fingerprint density at radius 1 is 1.19 bits per heavy atom. The summed E-state index contributed by atoms with van der Waals surface area (Å²) in [6, 6.07) is 12.5. The molecule has 10 nitrogen and oxygen atoms in total. The lowest BCUT2D eigenvalue weighted by Gasteiger charge is -2.28. The standard InChI is InChI=1S/C29H25F3N6O4/c1-15-6-27(42-24-5-3-2-4-19(24)30)34-11-23(15)38-29(33)18(10-35-38)28(39)22-7-16-8-25(41-14-26(31)32)21(9-20(16)37-22)36-17-12-40-13-17/h2-11,17,26,36-37H,12-14,33H2,1H3. The van der Waals surface area contributed by atoms with Crippen molar-refractivity contribution in [2.45, 2.75) is 19.4 Å². The number of aromatic amines is 1. The molecule has 1 saturated heterocycles. The van der Waals surface area contributed by atoms with Gasteiger partial charge in [0.25, 0.3) is 6.43 Å². The molecule has 4 N–H and O–H groups in total. The smallest absolute Gasteiger partial charge is 0.272 e. The molecule has 0 aliphatic carbocycles. The van der Waals surface area contributed by atoms with E-state index in [1.165, 1.54) is 29.2 Å². The number of benzene rings is 2. The fourth-order valence-electron chi connectivity index (χ4n) is 4.52. The molecule has 3 aromatic heterocycles. The predicted octanol–water partition coefficient (Wildman–Crippen LogP) is 5.26. The molecule has 0 saturated carbocycles. The first-order valence-corrected chi connectivity index (χ1v) is 13.0. The first-order valence-electron chi connectivity index (χ1n) is 13.0. The molecule has 5 aromatic rings. The second-order valence-corrected chi connectivity index (χ2v) is 9.73. The summed E-state index contributed by atoms with van der Waals surface area (Å²) in [7, 11) is 0. The van der Waals surface area contributed by atoms with Gasteiger partial charge in [0.1, 0.15) is 18.2 Å². The molecule has 0 amide bonds. The molecule has 4 heterocycles. The van der Waals surface area contributed by atoms with E-state index < -0.39 is 24.6 Å². The van der Waals surface area contributed by atoms with E-state index in [1.54, 1.807) is 43.3 Å². The summed E-state index contributed by atoms with van der Waals surface area (Å²) in [5.74, 6) is -0.399. The van der Waals surface area contributed by atoms with Crippen LogP contribution in [0.1, 0.15) is 21.6 Å². The van der Waals surface area contributed by atoms with Crippen LogP contribution in [0.2, 0.25) is 0 Å². The quantitative estimate of drug-likeness (QED) is 0.192. The number of nitrogens with one attached hydrogen (secondary N) is 2. The third-order valence-electron chi connectivity index (χ3n) is 6.72. The summed E-state index contributed by atoms with van der Waals surface area (Å²) in [6.45, 7) is 1.99. The second kappa shape index (κ2) is 11.1. The highest BCUT2D eigenvalue weighted by atomic mass is 19.3. The molecule has 13 heteroatoms. The zero-order chi connectivity index (χ0) is 29.4. The van der Waals surface area contributed by atoms with Crippen LogP contribution in [0.25, 0.3) is 16.6 Å². The molecule has 1 aliphatic rings. The number of aromatic nitrogens is 4. The number of aryl methyl sites for hydroxylation is 1. The van der Waals surface area contributed by atoms with Crippen molar-refractivity contribution in [2.75, 3.05) is 30.9 Å². The van der Waals surface area contributed by atoms with Gasteiger partial charge in [0.05, 0.1) is 54.3 Å². The highest BCUT2D eigenvalue weighted by Crippen LogP contribution is 2.33. The molecule has 0 unspecified atom stereocenters. The van der Waals surface area contributed by atoms with Crippen molar-refractivity contribution in [2.24, 2.45) is 0 Å². The Balaban J connectivity index is 1.26. The van der Waals surface area contributed by atoms with Gasteiger partial charge in [-0.15, -0.1) is 0 Å². The van der Waals surface area contributed by atoms with Crippen LogP contribution < -0.4 is 20.5 Å². The van der Waals surface area contributed by atoms with Crippen molar-refractivity contribution >= 4 is 28.2 Å². The number of nitrogens with two attached hydrogens (primary N) is 1. The summed E-state index contributed by atoms with van der Waals surface area (Å²) in [5.41, 5.74) is 9.01. The second-order valence-electron chi connectivity index (χ2n) is 9.73. The highest BCUT2D eigenvalue weighted by molar-refractivity contribution is 6.12. The topological polar surface area (TPSA) is 129 Å². The minimum atomic E-state index is -2.64. The molecule has 1 fully saturated rings. The number of carbonyl (C=O) groups is 1. The maximum Gasteiger partial charge on any atom is 0.272 e. The number of fused-ring (bicyclic) bond motifs is 1. The van der Waals surface area contributed by atoms with Crippen molar-refractivity contribution < 1.29 is 32.2 Å². The zero-order valence-corrected chi connectivity index (χ0v) is 22.2. The largest absolute Gasteiger partial charge is 0.485 e. The van der Waals surface area contributed by atoms with Crippen LogP contribution in [0.3, 0.4) is 0 Å². The number of nitrogens with zero attached hydrogens (tertiary/aromatic N) is 3. The van der Waals surface area contributed by atoms with Crippen molar-refractivity contribution in [1.82, 2.24) is 19.7 Å². The maximum atomic E-state index is 14.0. The molecular formula is C29H25F3N6O4. The molecular weight excluding hydrogens is 553 g/mol. The van der Waals surface area contributed by atoms with Crippen molar-refractivity contribution in [3.63, 3.8) is 0 Å². The Morgan fingerprint density at radius 3 is 2.71 bits per heavy atom. The van der Waals surface area contributed by atoms with Gasteiger partial charge in [0.15, 0.2) is 11.6 Å². The number of anilines is 2. The Labute approximate surface area is 237 Å².